The summed E-state index contributed by atoms with van der Waals surface area (Å²) in [7, 11) is 0. The molecule has 1 atom stereocenters. The molecule has 0 radical (unpaired) electrons. The Balaban J connectivity index is 1.95. The van der Waals surface area contributed by atoms with Crippen LogP contribution in [0, 0.1) is 6.92 Å². The molecule has 1 aromatic carbocycles. The minimum Gasteiger partial charge on any atom is -0.325 e. The van der Waals surface area contributed by atoms with Crippen LogP contribution >= 0.6 is 11.3 Å². The number of nitrogens with zero attached hydrogens (tertiary/aromatic N) is 2. The highest BCUT2D eigenvalue weighted by molar-refractivity contribution is 7.14. The van der Waals surface area contributed by atoms with E-state index in [9.17, 15) is 0 Å². The van der Waals surface area contributed by atoms with E-state index in [1.807, 2.05) is 0 Å². The Labute approximate surface area is 143 Å². The van der Waals surface area contributed by atoms with E-state index in [1.165, 1.54) is 27.4 Å². The molecule has 1 unspecified atom stereocenters. The van der Waals surface area contributed by atoms with Crippen molar-refractivity contribution in [1.82, 2.24) is 0 Å². The third-order valence-corrected chi connectivity index (χ3v) is 5.40. The summed E-state index contributed by atoms with van der Waals surface area (Å²) >= 11 is 1.79. The van der Waals surface area contributed by atoms with E-state index in [2.05, 4.69) is 67.6 Å². The fraction of sp³-hybridized carbons (Fsp3) is 0.421. The predicted octanol–water partition coefficient (Wildman–Crippen LogP) is 4.86. The number of nitrogens with one attached hydrogen (secondary N) is 1. The first-order valence-corrected chi connectivity index (χ1v) is 9.29. The lowest BCUT2D eigenvalue weighted by Crippen LogP contribution is -2.34. The molecule has 2 aromatic rings. The van der Waals surface area contributed by atoms with Crippen LogP contribution in [-0.4, -0.2) is 18.5 Å². The molecule has 122 valence electrons. The van der Waals surface area contributed by atoms with Crippen LogP contribution in [0.25, 0.3) is 0 Å². The molecule has 0 spiro atoms. The van der Waals surface area contributed by atoms with Gasteiger partial charge in [0.25, 0.3) is 0 Å². The van der Waals surface area contributed by atoms with Crippen LogP contribution in [0.1, 0.15) is 37.5 Å². The third-order valence-electron chi connectivity index (χ3n) is 4.36. The summed E-state index contributed by atoms with van der Waals surface area (Å²) in [5, 5.41) is 7.11. The minimum absolute atomic E-state index is 0.317. The molecule has 1 aromatic heterocycles. The standard InChI is InChI=1S/C19H25N3S/c1-5-15-8-7-9-16(6-2)17(15)21-19-20-14(4)12-22(19)18-13(3)10-11-23-18/h7-11,14H,5-6,12H2,1-4H3,(H,20,21). The quantitative estimate of drug-likeness (QED) is 0.868. The Hall–Kier alpha value is -1.81. The lowest BCUT2D eigenvalue weighted by atomic mass is 10.0. The summed E-state index contributed by atoms with van der Waals surface area (Å²) in [6, 6.07) is 9.07. The lowest BCUT2D eigenvalue weighted by molar-refractivity contribution is 0.797. The van der Waals surface area contributed by atoms with E-state index in [0.717, 1.165) is 25.3 Å². The second-order valence-electron chi connectivity index (χ2n) is 6.10. The van der Waals surface area contributed by atoms with E-state index in [0.29, 0.717) is 6.04 Å². The fourth-order valence-corrected chi connectivity index (χ4v) is 4.05. The number of rotatable bonds is 4. The van der Waals surface area contributed by atoms with Gasteiger partial charge in [0.15, 0.2) is 0 Å². The van der Waals surface area contributed by atoms with Crippen molar-refractivity contribution in [1.29, 1.82) is 0 Å². The van der Waals surface area contributed by atoms with Gasteiger partial charge in [-0.05, 0) is 54.8 Å². The maximum absolute atomic E-state index is 4.85. The second-order valence-corrected chi connectivity index (χ2v) is 7.00. The van der Waals surface area contributed by atoms with Gasteiger partial charge < -0.3 is 10.2 Å². The first kappa shape index (κ1) is 16.1. The SMILES string of the molecule is CCc1cccc(CC)c1NC1=NC(C)CN1c1sccc1C. The molecule has 0 saturated carbocycles. The topological polar surface area (TPSA) is 27.6 Å². The van der Waals surface area contributed by atoms with Crippen molar-refractivity contribution in [2.75, 3.05) is 16.8 Å². The molecule has 2 heterocycles. The third kappa shape index (κ3) is 3.13. The summed E-state index contributed by atoms with van der Waals surface area (Å²) < 4.78 is 0. The molecular formula is C19H25N3S. The Morgan fingerprint density at radius 2 is 1.91 bits per heavy atom. The first-order valence-electron chi connectivity index (χ1n) is 8.41. The van der Waals surface area contributed by atoms with Gasteiger partial charge in [-0.25, -0.2) is 4.99 Å². The number of thiophene rings is 1. The average Bonchev–Trinajstić information content (AvgIpc) is 3.12. The number of hydrogen-bond donors (Lipinski definition) is 1. The number of guanidine groups is 1. The van der Waals surface area contributed by atoms with Crippen LogP contribution in [-0.2, 0) is 12.8 Å². The molecule has 3 nitrogen and oxygen atoms in total. The highest BCUT2D eigenvalue weighted by Gasteiger charge is 2.26. The van der Waals surface area contributed by atoms with Crippen molar-refractivity contribution in [2.24, 2.45) is 4.99 Å². The normalized spacial score (nSPS) is 17.5. The van der Waals surface area contributed by atoms with Crippen molar-refractivity contribution in [3.05, 3.63) is 46.3 Å². The molecule has 3 rings (SSSR count). The highest BCUT2D eigenvalue weighted by Crippen LogP contribution is 2.31. The van der Waals surface area contributed by atoms with Crippen molar-refractivity contribution in [2.45, 2.75) is 46.6 Å². The maximum Gasteiger partial charge on any atom is 0.204 e. The largest absolute Gasteiger partial charge is 0.325 e. The zero-order valence-electron chi connectivity index (χ0n) is 14.4. The van der Waals surface area contributed by atoms with Crippen LogP contribution in [0.4, 0.5) is 10.7 Å². The van der Waals surface area contributed by atoms with E-state index >= 15 is 0 Å². The maximum atomic E-state index is 4.85. The monoisotopic (exact) mass is 327 g/mol. The van der Waals surface area contributed by atoms with Gasteiger partial charge in [0.05, 0.1) is 6.04 Å². The van der Waals surface area contributed by atoms with Crippen molar-refractivity contribution in [3.63, 3.8) is 0 Å². The molecule has 0 bridgehead atoms. The molecule has 1 aliphatic rings. The summed E-state index contributed by atoms with van der Waals surface area (Å²) in [6.45, 7) is 9.71. The van der Waals surface area contributed by atoms with Crippen molar-refractivity contribution >= 4 is 28.0 Å². The average molecular weight is 327 g/mol. The van der Waals surface area contributed by atoms with Crippen LogP contribution in [0.5, 0.6) is 0 Å². The van der Waals surface area contributed by atoms with E-state index in [4.69, 9.17) is 4.99 Å². The zero-order chi connectivity index (χ0) is 16.4. The smallest absolute Gasteiger partial charge is 0.204 e. The van der Waals surface area contributed by atoms with Crippen LogP contribution in [0.2, 0.25) is 0 Å². The van der Waals surface area contributed by atoms with Crippen molar-refractivity contribution < 1.29 is 0 Å². The van der Waals surface area contributed by atoms with Crippen molar-refractivity contribution in [3.8, 4) is 0 Å². The summed E-state index contributed by atoms with van der Waals surface area (Å²) in [6.07, 6.45) is 2.05. The molecular weight excluding hydrogens is 302 g/mol. The molecule has 0 aliphatic carbocycles. The van der Waals surface area contributed by atoms with Gasteiger partial charge in [-0.2, -0.15) is 0 Å². The summed E-state index contributed by atoms with van der Waals surface area (Å²) in [4.78, 5) is 7.18. The Morgan fingerprint density at radius 3 is 2.48 bits per heavy atom. The number of hydrogen-bond acceptors (Lipinski definition) is 4. The van der Waals surface area contributed by atoms with Crippen LogP contribution < -0.4 is 10.2 Å². The molecule has 1 aliphatic heterocycles. The molecule has 23 heavy (non-hydrogen) atoms. The van der Waals surface area contributed by atoms with E-state index < -0.39 is 0 Å². The Bertz CT molecular complexity index is 695. The van der Waals surface area contributed by atoms with Gasteiger partial charge in [0, 0.05) is 12.2 Å². The number of benzene rings is 1. The minimum atomic E-state index is 0.317. The lowest BCUT2D eigenvalue weighted by Gasteiger charge is -2.23. The summed E-state index contributed by atoms with van der Waals surface area (Å²) in [5.74, 6) is 0.985. The number of anilines is 2. The van der Waals surface area contributed by atoms with Gasteiger partial charge in [-0.15, -0.1) is 11.3 Å². The van der Waals surface area contributed by atoms with E-state index in [1.54, 1.807) is 11.3 Å². The number of para-hydroxylation sites is 1. The number of aliphatic imine (C=N–C) groups is 1. The zero-order valence-corrected chi connectivity index (χ0v) is 15.2. The molecule has 0 saturated heterocycles. The Kier molecular flexibility index (Phi) is 4.71. The second kappa shape index (κ2) is 6.75. The fourth-order valence-electron chi connectivity index (χ4n) is 3.11. The molecule has 0 amide bonds. The van der Waals surface area contributed by atoms with Crippen LogP contribution in [0.3, 0.4) is 0 Å². The first-order chi connectivity index (χ1) is 11.1. The highest BCUT2D eigenvalue weighted by atomic mass is 32.1. The molecule has 0 fully saturated rings. The molecule has 4 heteroatoms. The van der Waals surface area contributed by atoms with Gasteiger partial charge in [0.1, 0.15) is 5.00 Å². The van der Waals surface area contributed by atoms with Gasteiger partial charge in [-0.1, -0.05) is 32.0 Å². The van der Waals surface area contributed by atoms with Gasteiger partial charge >= 0.3 is 0 Å². The van der Waals surface area contributed by atoms with E-state index in [-0.39, 0.29) is 0 Å². The molecule has 1 N–H and O–H groups in total. The Morgan fingerprint density at radius 1 is 1.22 bits per heavy atom. The van der Waals surface area contributed by atoms with Gasteiger partial charge in [-0.3, -0.25) is 0 Å². The number of aryl methyl sites for hydroxylation is 3. The van der Waals surface area contributed by atoms with Gasteiger partial charge in [0.2, 0.25) is 5.96 Å². The van der Waals surface area contributed by atoms with Crippen LogP contribution in [0.15, 0.2) is 34.6 Å². The summed E-state index contributed by atoms with van der Waals surface area (Å²) in [5.41, 5.74) is 5.27. The predicted molar refractivity (Wildman–Crippen MR) is 102 cm³/mol.